The zero-order valence-electron chi connectivity index (χ0n) is 30.0. The van der Waals surface area contributed by atoms with Crippen LogP contribution in [0.5, 0.6) is 0 Å². The fourth-order valence-electron chi connectivity index (χ4n) is 8.81. The zero-order valence-corrected chi connectivity index (χ0v) is 30.0. The van der Waals surface area contributed by atoms with Crippen LogP contribution in [-0.2, 0) is 5.41 Å². The molecule has 1 fully saturated rings. The van der Waals surface area contributed by atoms with E-state index in [4.69, 9.17) is 15.0 Å². The maximum Gasteiger partial charge on any atom is 0.164 e. The largest absolute Gasteiger partial charge is 0.264 e. The molecule has 6 aromatic carbocycles. The molecule has 2 aromatic heterocycles. The van der Waals surface area contributed by atoms with Gasteiger partial charge in [0.15, 0.2) is 17.5 Å². The lowest BCUT2D eigenvalue weighted by Crippen LogP contribution is -2.28. The van der Waals surface area contributed by atoms with E-state index >= 15 is 0 Å². The molecule has 0 atom stereocenters. The van der Waals surface area contributed by atoms with Crippen molar-refractivity contribution in [3.05, 3.63) is 181 Å². The predicted octanol–water partition coefficient (Wildman–Crippen LogP) is 12.5. The smallest absolute Gasteiger partial charge is 0.164 e. The van der Waals surface area contributed by atoms with Crippen molar-refractivity contribution < 1.29 is 0 Å². The molecule has 0 bridgehead atoms. The van der Waals surface area contributed by atoms with Gasteiger partial charge in [-0.15, -0.1) is 0 Å². The summed E-state index contributed by atoms with van der Waals surface area (Å²) >= 11 is 0. The molecule has 0 saturated heterocycles. The van der Waals surface area contributed by atoms with E-state index in [1.165, 1.54) is 52.6 Å². The Morgan fingerprint density at radius 1 is 0.352 bits per heavy atom. The number of hydrogen-bond donors (Lipinski definition) is 0. The van der Waals surface area contributed by atoms with Crippen LogP contribution in [0.3, 0.4) is 0 Å². The quantitative estimate of drug-likeness (QED) is 0.174. The molecule has 10 rings (SSSR count). The second kappa shape index (κ2) is 13.5. The summed E-state index contributed by atoms with van der Waals surface area (Å²) in [6, 6.07) is 56.1. The summed E-state index contributed by atoms with van der Waals surface area (Å²) in [6.45, 7) is 0. The van der Waals surface area contributed by atoms with Gasteiger partial charge in [0.2, 0.25) is 0 Å². The molecular formula is C50H38N4. The SMILES string of the molecule is c1ccc(-c2cccc(-c3nc(-c4ccccc4)nc(-c4ccccc4-c4ccc5c(c4)C4(CCCCC4)c4cc(-c6cccnc6)ccc4-5)n3)c2)cc1. The summed E-state index contributed by atoms with van der Waals surface area (Å²) in [5.74, 6) is 1.98. The Morgan fingerprint density at radius 2 is 0.907 bits per heavy atom. The first-order chi connectivity index (χ1) is 26.7. The fraction of sp³-hybridized carbons (Fsp3) is 0.120. The van der Waals surface area contributed by atoms with Gasteiger partial charge >= 0.3 is 0 Å². The molecule has 0 aliphatic heterocycles. The summed E-state index contributed by atoms with van der Waals surface area (Å²) in [4.78, 5) is 19.9. The standard InChI is InChI=1S/C50H38N4/c1-4-14-34(15-5-1)36-18-12-19-39(30-36)48-52-47(35-16-6-2-7-17-35)53-49(54-48)44-22-9-8-21-41(44)38-24-26-43-42-25-23-37(40-20-13-29-51-33-40)31-45(42)50(46(43)32-38)27-10-3-11-28-50/h1-2,4-9,12-26,29-33H,3,10-11,27-28H2. The van der Waals surface area contributed by atoms with Gasteiger partial charge in [-0.3, -0.25) is 4.98 Å². The Morgan fingerprint density at radius 3 is 1.63 bits per heavy atom. The van der Waals surface area contributed by atoms with Crippen molar-refractivity contribution in [2.75, 3.05) is 0 Å². The van der Waals surface area contributed by atoms with E-state index in [1.54, 1.807) is 0 Å². The first kappa shape index (κ1) is 32.2. The van der Waals surface area contributed by atoms with Crippen LogP contribution in [0.2, 0.25) is 0 Å². The van der Waals surface area contributed by atoms with Gasteiger partial charge in [-0.1, -0.05) is 153 Å². The Bertz CT molecular complexity index is 2630. The van der Waals surface area contributed by atoms with E-state index in [0.717, 1.165) is 51.8 Å². The van der Waals surface area contributed by atoms with E-state index in [2.05, 4.69) is 132 Å². The van der Waals surface area contributed by atoms with Crippen molar-refractivity contribution in [3.63, 3.8) is 0 Å². The van der Waals surface area contributed by atoms with E-state index in [0.29, 0.717) is 17.5 Å². The first-order valence-electron chi connectivity index (χ1n) is 19.0. The first-order valence-corrected chi connectivity index (χ1v) is 19.0. The van der Waals surface area contributed by atoms with Crippen LogP contribution in [0.15, 0.2) is 170 Å². The highest BCUT2D eigenvalue weighted by molar-refractivity contribution is 5.89. The minimum Gasteiger partial charge on any atom is -0.264 e. The Balaban J connectivity index is 1.11. The van der Waals surface area contributed by atoms with Crippen LogP contribution in [0, 0.1) is 0 Å². The van der Waals surface area contributed by atoms with Crippen molar-refractivity contribution >= 4 is 0 Å². The lowest BCUT2D eigenvalue weighted by Gasteiger charge is -2.36. The molecule has 1 saturated carbocycles. The van der Waals surface area contributed by atoms with Gasteiger partial charge in [0.05, 0.1) is 0 Å². The van der Waals surface area contributed by atoms with Crippen LogP contribution in [-0.4, -0.2) is 19.9 Å². The van der Waals surface area contributed by atoms with E-state index in [9.17, 15) is 0 Å². The van der Waals surface area contributed by atoms with Gasteiger partial charge < -0.3 is 0 Å². The maximum absolute atomic E-state index is 5.22. The summed E-state index contributed by atoms with van der Waals surface area (Å²) in [6.07, 6.45) is 9.90. The molecule has 2 heterocycles. The lowest BCUT2D eigenvalue weighted by molar-refractivity contribution is 0.353. The van der Waals surface area contributed by atoms with Gasteiger partial charge in [-0.2, -0.15) is 0 Å². The fourth-order valence-corrected chi connectivity index (χ4v) is 8.81. The van der Waals surface area contributed by atoms with Crippen molar-refractivity contribution in [1.29, 1.82) is 0 Å². The molecule has 2 aliphatic rings. The summed E-state index contributed by atoms with van der Waals surface area (Å²) in [5, 5.41) is 0. The second-order valence-electron chi connectivity index (χ2n) is 14.6. The van der Waals surface area contributed by atoms with Crippen LogP contribution in [0.25, 0.3) is 78.7 Å². The number of aromatic nitrogens is 4. The summed E-state index contributed by atoms with van der Waals surface area (Å²) in [5.41, 5.74) is 15.5. The van der Waals surface area contributed by atoms with Crippen molar-refractivity contribution in [2.45, 2.75) is 37.5 Å². The highest BCUT2D eigenvalue weighted by Gasteiger charge is 2.44. The Labute approximate surface area is 316 Å². The average molecular weight is 695 g/mol. The van der Waals surface area contributed by atoms with E-state index < -0.39 is 0 Å². The lowest BCUT2D eigenvalue weighted by atomic mass is 9.67. The second-order valence-corrected chi connectivity index (χ2v) is 14.6. The third-order valence-electron chi connectivity index (χ3n) is 11.4. The number of benzene rings is 6. The molecule has 4 nitrogen and oxygen atoms in total. The number of pyridine rings is 1. The van der Waals surface area contributed by atoms with Gasteiger partial charge in [0, 0.05) is 34.5 Å². The van der Waals surface area contributed by atoms with Crippen LogP contribution in [0.4, 0.5) is 0 Å². The van der Waals surface area contributed by atoms with Crippen LogP contribution >= 0.6 is 0 Å². The third-order valence-corrected chi connectivity index (χ3v) is 11.4. The summed E-state index contributed by atoms with van der Waals surface area (Å²) < 4.78 is 0. The topological polar surface area (TPSA) is 51.6 Å². The third kappa shape index (κ3) is 5.62. The van der Waals surface area contributed by atoms with Crippen molar-refractivity contribution in [2.24, 2.45) is 0 Å². The van der Waals surface area contributed by atoms with Crippen LogP contribution in [0.1, 0.15) is 43.2 Å². The molecule has 0 radical (unpaired) electrons. The number of nitrogens with zero attached hydrogens (tertiary/aromatic N) is 4. The van der Waals surface area contributed by atoms with E-state index in [1.807, 2.05) is 42.7 Å². The molecule has 258 valence electrons. The molecular weight excluding hydrogens is 657 g/mol. The molecule has 4 heteroatoms. The van der Waals surface area contributed by atoms with Gasteiger partial charge in [0.1, 0.15) is 0 Å². The highest BCUT2D eigenvalue weighted by Crippen LogP contribution is 2.57. The minimum atomic E-state index is -0.00330. The molecule has 54 heavy (non-hydrogen) atoms. The van der Waals surface area contributed by atoms with Crippen LogP contribution < -0.4 is 0 Å². The Hall–Kier alpha value is -6.52. The average Bonchev–Trinajstić information content (AvgIpc) is 3.51. The molecule has 8 aromatic rings. The number of hydrogen-bond acceptors (Lipinski definition) is 4. The molecule has 0 N–H and O–H groups in total. The molecule has 2 aliphatic carbocycles. The van der Waals surface area contributed by atoms with Crippen molar-refractivity contribution in [1.82, 2.24) is 19.9 Å². The van der Waals surface area contributed by atoms with Gasteiger partial charge in [-0.25, -0.2) is 15.0 Å². The monoisotopic (exact) mass is 694 g/mol. The normalized spacial score (nSPS) is 14.1. The predicted molar refractivity (Wildman–Crippen MR) is 220 cm³/mol. The summed E-state index contributed by atoms with van der Waals surface area (Å²) in [7, 11) is 0. The molecule has 0 unspecified atom stereocenters. The molecule has 0 amide bonds. The van der Waals surface area contributed by atoms with Gasteiger partial charge in [0.25, 0.3) is 0 Å². The minimum absolute atomic E-state index is 0.00330. The zero-order chi connectivity index (χ0) is 35.9. The Kier molecular flexibility index (Phi) is 8.02. The number of fused-ring (bicyclic) bond motifs is 5. The van der Waals surface area contributed by atoms with E-state index in [-0.39, 0.29) is 5.41 Å². The maximum atomic E-state index is 5.22. The van der Waals surface area contributed by atoms with Crippen molar-refractivity contribution in [3.8, 4) is 78.7 Å². The molecule has 1 spiro atoms. The number of rotatable bonds is 6. The van der Waals surface area contributed by atoms with Gasteiger partial charge in [-0.05, 0) is 92.7 Å². The highest BCUT2D eigenvalue weighted by atomic mass is 15.0.